The van der Waals surface area contributed by atoms with Crippen LogP contribution >= 0.6 is 15.9 Å². The summed E-state index contributed by atoms with van der Waals surface area (Å²) in [6.07, 6.45) is -0.841. The van der Waals surface area contributed by atoms with Gasteiger partial charge in [-0.25, -0.2) is 9.69 Å². The number of benzene rings is 2. The van der Waals surface area contributed by atoms with Crippen molar-refractivity contribution in [1.29, 1.82) is 0 Å². The summed E-state index contributed by atoms with van der Waals surface area (Å²) in [5.41, 5.74) is 0.741. The predicted octanol–water partition coefficient (Wildman–Crippen LogP) is 3.00. The molecule has 0 saturated carbocycles. The first-order chi connectivity index (χ1) is 11.1. The lowest BCUT2D eigenvalue weighted by Crippen LogP contribution is -2.57. The molecule has 3 rings (SSSR count). The number of ether oxygens (including phenoxy) is 1. The molecule has 1 heterocycles. The minimum Gasteiger partial charge on any atom is -0.437 e. The third-order valence-electron chi connectivity index (χ3n) is 3.47. The fourth-order valence-corrected chi connectivity index (χ4v) is 2.49. The van der Waals surface area contributed by atoms with Gasteiger partial charge in [-0.1, -0.05) is 34.1 Å². The van der Waals surface area contributed by atoms with Gasteiger partial charge in [-0.15, -0.1) is 0 Å². The number of likely N-dealkylation sites (tertiary alicyclic amines) is 1. The molecule has 2 aromatic rings. The molecular formula is C17H12BrNO4. The fourth-order valence-electron chi connectivity index (χ4n) is 2.22. The molecule has 1 fully saturated rings. The van der Waals surface area contributed by atoms with Crippen LogP contribution in [0.5, 0.6) is 0 Å². The predicted molar refractivity (Wildman–Crippen MR) is 85.6 cm³/mol. The van der Waals surface area contributed by atoms with E-state index in [2.05, 4.69) is 15.9 Å². The van der Waals surface area contributed by atoms with E-state index < -0.39 is 18.1 Å². The summed E-state index contributed by atoms with van der Waals surface area (Å²) in [6, 6.07) is 15.1. The third-order valence-corrected chi connectivity index (χ3v) is 4.00. The highest BCUT2D eigenvalue weighted by Crippen LogP contribution is 2.25. The molecule has 1 atom stereocenters. The summed E-state index contributed by atoms with van der Waals surface area (Å²) >= 11 is 3.28. The Labute approximate surface area is 141 Å². The van der Waals surface area contributed by atoms with E-state index in [1.165, 1.54) is 0 Å². The summed E-state index contributed by atoms with van der Waals surface area (Å²) < 4.78 is 6.09. The molecular weight excluding hydrogens is 362 g/mol. The van der Waals surface area contributed by atoms with Gasteiger partial charge >= 0.3 is 5.97 Å². The van der Waals surface area contributed by atoms with Gasteiger partial charge in [0.1, 0.15) is 0 Å². The van der Waals surface area contributed by atoms with E-state index in [0.717, 1.165) is 9.37 Å². The maximum Gasteiger partial charge on any atom is 0.340 e. The van der Waals surface area contributed by atoms with Gasteiger partial charge in [0.05, 0.1) is 12.0 Å². The molecule has 116 valence electrons. The SMILES string of the molecule is O=C(OC1CC(=O)N1C(=O)c1ccc(Br)cc1)c1ccccc1. The molecule has 0 N–H and O–H groups in total. The number of carbonyl (C=O) groups excluding carboxylic acids is 3. The number of halogens is 1. The first kappa shape index (κ1) is 15.4. The van der Waals surface area contributed by atoms with E-state index in [0.29, 0.717) is 11.1 Å². The first-order valence-corrected chi connectivity index (χ1v) is 7.73. The van der Waals surface area contributed by atoms with Crippen LogP contribution in [0.3, 0.4) is 0 Å². The van der Waals surface area contributed by atoms with Crippen LogP contribution in [0.4, 0.5) is 0 Å². The van der Waals surface area contributed by atoms with E-state index in [1.807, 2.05) is 0 Å². The van der Waals surface area contributed by atoms with Crippen LogP contribution in [-0.4, -0.2) is 28.9 Å². The van der Waals surface area contributed by atoms with E-state index in [-0.39, 0.29) is 12.3 Å². The van der Waals surface area contributed by atoms with Crippen LogP contribution in [0.1, 0.15) is 27.1 Å². The molecule has 2 amide bonds. The molecule has 5 nitrogen and oxygen atoms in total. The van der Waals surface area contributed by atoms with Crippen LogP contribution in [0.2, 0.25) is 0 Å². The van der Waals surface area contributed by atoms with Gasteiger partial charge < -0.3 is 4.74 Å². The van der Waals surface area contributed by atoms with E-state index in [9.17, 15) is 14.4 Å². The Balaban J connectivity index is 1.72. The molecule has 1 aliphatic heterocycles. The number of β-lactam (4-membered cyclic amide) rings is 1. The smallest absolute Gasteiger partial charge is 0.340 e. The summed E-state index contributed by atoms with van der Waals surface area (Å²) in [5.74, 6) is -1.39. The van der Waals surface area contributed by atoms with Gasteiger partial charge in [-0.2, -0.15) is 0 Å². The Morgan fingerprint density at radius 1 is 1.00 bits per heavy atom. The zero-order valence-electron chi connectivity index (χ0n) is 11.9. The zero-order chi connectivity index (χ0) is 16.4. The number of imide groups is 1. The van der Waals surface area contributed by atoms with Crippen molar-refractivity contribution in [2.24, 2.45) is 0 Å². The molecule has 2 aromatic carbocycles. The molecule has 0 radical (unpaired) electrons. The van der Waals surface area contributed by atoms with E-state index in [4.69, 9.17) is 4.74 Å². The monoisotopic (exact) mass is 373 g/mol. The molecule has 1 saturated heterocycles. The topological polar surface area (TPSA) is 63.7 Å². The molecule has 1 unspecified atom stereocenters. The zero-order valence-corrected chi connectivity index (χ0v) is 13.5. The lowest BCUT2D eigenvalue weighted by atomic mass is 10.1. The summed E-state index contributed by atoms with van der Waals surface area (Å²) in [6.45, 7) is 0. The van der Waals surface area contributed by atoms with Gasteiger partial charge in [-0.3, -0.25) is 9.59 Å². The number of nitrogens with zero attached hydrogens (tertiary/aromatic N) is 1. The van der Waals surface area contributed by atoms with Crippen molar-refractivity contribution in [1.82, 2.24) is 4.90 Å². The molecule has 0 spiro atoms. The van der Waals surface area contributed by atoms with Crippen LogP contribution in [0.15, 0.2) is 59.1 Å². The highest BCUT2D eigenvalue weighted by Gasteiger charge is 2.44. The fraction of sp³-hybridized carbons (Fsp3) is 0.118. The second-order valence-electron chi connectivity index (χ2n) is 5.01. The van der Waals surface area contributed by atoms with Crippen LogP contribution in [-0.2, 0) is 9.53 Å². The largest absolute Gasteiger partial charge is 0.437 e. The standard InChI is InChI=1S/C17H12BrNO4/c18-13-8-6-11(7-9-13)16(21)19-14(20)10-15(19)23-17(22)12-4-2-1-3-5-12/h1-9,15H,10H2. The second-order valence-corrected chi connectivity index (χ2v) is 5.92. The van der Waals surface area contributed by atoms with Gasteiger partial charge in [-0.05, 0) is 36.4 Å². The molecule has 1 aliphatic rings. The first-order valence-electron chi connectivity index (χ1n) is 6.94. The number of hydrogen-bond donors (Lipinski definition) is 0. The van der Waals surface area contributed by atoms with Crippen molar-refractivity contribution < 1.29 is 19.1 Å². The Hall–Kier alpha value is -2.47. The van der Waals surface area contributed by atoms with Gasteiger partial charge in [0.25, 0.3) is 5.91 Å². The van der Waals surface area contributed by atoms with E-state index >= 15 is 0 Å². The number of rotatable bonds is 3. The Bertz CT molecular complexity index is 758. The molecule has 0 aromatic heterocycles. The van der Waals surface area contributed by atoms with Crippen LogP contribution in [0.25, 0.3) is 0 Å². The Morgan fingerprint density at radius 2 is 1.65 bits per heavy atom. The highest BCUT2D eigenvalue weighted by molar-refractivity contribution is 9.10. The maximum atomic E-state index is 12.4. The number of amides is 2. The third kappa shape index (κ3) is 3.17. The average Bonchev–Trinajstić information content (AvgIpc) is 2.55. The molecule has 0 bridgehead atoms. The lowest BCUT2D eigenvalue weighted by molar-refractivity contribution is -0.156. The number of esters is 1. The summed E-state index contributed by atoms with van der Waals surface area (Å²) in [4.78, 5) is 37.1. The van der Waals surface area contributed by atoms with Gasteiger partial charge in [0.2, 0.25) is 5.91 Å². The van der Waals surface area contributed by atoms with Crippen LogP contribution < -0.4 is 0 Å². The van der Waals surface area contributed by atoms with Crippen molar-refractivity contribution in [2.75, 3.05) is 0 Å². The summed E-state index contributed by atoms with van der Waals surface area (Å²) in [5, 5.41) is 0. The van der Waals surface area contributed by atoms with Gasteiger partial charge in [0, 0.05) is 10.0 Å². The van der Waals surface area contributed by atoms with Crippen molar-refractivity contribution in [3.8, 4) is 0 Å². The van der Waals surface area contributed by atoms with Crippen LogP contribution in [0, 0.1) is 0 Å². The van der Waals surface area contributed by atoms with Crippen molar-refractivity contribution in [3.05, 3.63) is 70.2 Å². The quantitative estimate of drug-likeness (QED) is 0.471. The van der Waals surface area contributed by atoms with Crippen molar-refractivity contribution >= 4 is 33.7 Å². The highest BCUT2D eigenvalue weighted by atomic mass is 79.9. The van der Waals surface area contributed by atoms with Gasteiger partial charge in [0.15, 0.2) is 6.23 Å². The van der Waals surface area contributed by atoms with Crippen molar-refractivity contribution in [3.63, 3.8) is 0 Å². The van der Waals surface area contributed by atoms with E-state index in [1.54, 1.807) is 54.6 Å². The second kappa shape index (κ2) is 6.34. The Morgan fingerprint density at radius 3 is 2.26 bits per heavy atom. The minimum atomic E-state index is -0.855. The number of carbonyl (C=O) groups is 3. The average molecular weight is 374 g/mol. The Kier molecular flexibility index (Phi) is 4.25. The lowest BCUT2D eigenvalue weighted by Gasteiger charge is -2.37. The number of hydrogen-bond acceptors (Lipinski definition) is 4. The molecule has 6 heteroatoms. The maximum absolute atomic E-state index is 12.4. The summed E-state index contributed by atoms with van der Waals surface area (Å²) in [7, 11) is 0. The minimum absolute atomic E-state index is 0.0147. The van der Waals surface area contributed by atoms with Crippen molar-refractivity contribution in [2.45, 2.75) is 12.6 Å². The molecule has 0 aliphatic carbocycles. The normalized spacial score (nSPS) is 16.7. The molecule has 23 heavy (non-hydrogen) atoms.